The molecule has 7 heteroatoms. The second kappa shape index (κ2) is 6.37. The van der Waals surface area contributed by atoms with Crippen molar-refractivity contribution in [2.75, 3.05) is 11.8 Å². The molecule has 0 amide bonds. The van der Waals surface area contributed by atoms with Crippen LogP contribution in [-0.2, 0) is 10.0 Å². The summed E-state index contributed by atoms with van der Waals surface area (Å²) in [6.07, 6.45) is 0. The first-order valence-corrected chi connectivity index (χ1v) is 9.03. The Morgan fingerprint density at radius 3 is 2.43 bits per heavy atom. The standard InChI is InChI=1S/C14H13Br2NO3S/c1-9-7-11(4-6-13(9)20-2)17-21(18,19)14-8-10(15)3-5-12(14)16/h3-8,17H,1-2H3. The van der Waals surface area contributed by atoms with E-state index in [9.17, 15) is 8.42 Å². The van der Waals surface area contributed by atoms with E-state index in [0.717, 1.165) is 5.56 Å². The molecule has 1 N–H and O–H groups in total. The minimum atomic E-state index is -3.67. The van der Waals surface area contributed by atoms with E-state index in [1.807, 2.05) is 6.92 Å². The van der Waals surface area contributed by atoms with Crippen molar-refractivity contribution < 1.29 is 13.2 Å². The third kappa shape index (κ3) is 3.78. The highest BCUT2D eigenvalue weighted by molar-refractivity contribution is 9.11. The van der Waals surface area contributed by atoms with Gasteiger partial charge in [-0.3, -0.25) is 4.72 Å². The second-order valence-electron chi connectivity index (χ2n) is 4.36. The Labute approximate surface area is 140 Å². The number of benzene rings is 2. The first kappa shape index (κ1) is 16.3. The van der Waals surface area contributed by atoms with Gasteiger partial charge < -0.3 is 4.74 Å². The second-order valence-corrected chi connectivity index (χ2v) is 7.79. The zero-order valence-electron chi connectivity index (χ0n) is 11.4. The number of nitrogens with one attached hydrogen (secondary N) is 1. The number of methoxy groups -OCH3 is 1. The Morgan fingerprint density at radius 2 is 1.81 bits per heavy atom. The van der Waals surface area contributed by atoms with E-state index in [0.29, 0.717) is 20.4 Å². The van der Waals surface area contributed by atoms with E-state index in [4.69, 9.17) is 4.74 Å². The summed E-state index contributed by atoms with van der Waals surface area (Å²) in [6.45, 7) is 1.85. The molecule has 112 valence electrons. The van der Waals surface area contributed by atoms with Crippen molar-refractivity contribution in [2.24, 2.45) is 0 Å². The number of rotatable bonds is 4. The van der Waals surface area contributed by atoms with Gasteiger partial charge in [0.1, 0.15) is 10.6 Å². The van der Waals surface area contributed by atoms with Crippen LogP contribution in [0.15, 0.2) is 50.2 Å². The average Bonchev–Trinajstić information content (AvgIpc) is 2.41. The van der Waals surface area contributed by atoms with Crippen molar-refractivity contribution in [1.29, 1.82) is 0 Å². The minimum Gasteiger partial charge on any atom is -0.496 e. The van der Waals surface area contributed by atoms with Crippen molar-refractivity contribution in [3.8, 4) is 5.75 Å². The summed E-state index contributed by atoms with van der Waals surface area (Å²) < 4.78 is 33.8. The third-order valence-electron chi connectivity index (χ3n) is 2.83. The van der Waals surface area contributed by atoms with Gasteiger partial charge in [-0.05, 0) is 64.8 Å². The van der Waals surface area contributed by atoms with E-state index in [1.165, 1.54) is 0 Å². The van der Waals surface area contributed by atoms with Gasteiger partial charge in [0.2, 0.25) is 0 Å². The molecule has 2 rings (SSSR count). The quantitative estimate of drug-likeness (QED) is 0.778. The summed E-state index contributed by atoms with van der Waals surface area (Å²) in [4.78, 5) is 0.172. The molecule has 0 bridgehead atoms. The van der Waals surface area contributed by atoms with Crippen LogP contribution in [-0.4, -0.2) is 15.5 Å². The highest BCUT2D eigenvalue weighted by Gasteiger charge is 2.18. The summed E-state index contributed by atoms with van der Waals surface area (Å²) in [7, 11) is -2.10. The van der Waals surface area contributed by atoms with Gasteiger partial charge in [-0.2, -0.15) is 0 Å². The van der Waals surface area contributed by atoms with E-state index < -0.39 is 10.0 Å². The fourth-order valence-corrected chi connectivity index (χ4v) is 4.39. The number of hydrogen-bond acceptors (Lipinski definition) is 3. The number of sulfonamides is 1. The minimum absolute atomic E-state index is 0.172. The topological polar surface area (TPSA) is 55.4 Å². The van der Waals surface area contributed by atoms with Crippen LogP contribution in [0.3, 0.4) is 0 Å². The smallest absolute Gasteiger partial charge is 0.263 e. The molecule has 0 aromatic heterocycles. The van der Waals surface area contributed by atoms with Gasteiger partial charge >= 0.3 is 0 Å². The zero-order chi connectivity index (χ0) is 15.6. The first-order chi connectivity index (χ1) is 9.83. The summed E-state index contributed by atoms with van der Waals surface area (Å²) in [5, 5.41) is 0. The lowest BCUT2D eigenvalue weighted by Gasteiger charge is -2.12. The Morgan fingerprint density at radius 1 is 1.10 bits per heavy atom. The highest BCUT2D eigenvalue weighted by atomic mass is 79.9. The van der Waals surface area contributed by atoms with Crippen LogP contribution in [0.4, 0.5) is 5.69 Å². The normalized spacial score (nSPS) is 11.2. The van der Waals surface area contributed by atoms with Crippen molar-refractivity contribution in [1.82, 2.24) is 0 Å². The molecule has 0 unspecified atom stereocenters. The summed E-state index contributed by atoms with van der Waals surface area (Å²) >= 11 is 6.53. The molecular formula is C14H13Br2NO3S. The number of aryl methyl sites for hydroxylation is 1. The maximum Gasteiger partial charge on any atom is 0.263 e. The van der Waals surface area contributed by atoms with Crippen LogP contribution in [0.5, 0.6) is 5.75 Å². The van der Waals surface area contributed by atoms with Crippen LogP contribution in [0.2, 0.25) is 0 Å². The molecule has 0 saturated carbocycles. The average molecular weight is 435 g/mol. The van der Waals surface area contributed by atoms with Crippen LogP contribution >= 0.6 is 31.9 Å². The Kier molecular flexibility index (Phi) is 4.95. The number of halogens is 2. The van der Waals surface area contributed by atoms with Gasteiger partial charge in [-0.1, -0.05) is 15.9 Å². The molecule has 0 heterocycles. The molecule has 4 nitrogen and oxygen atoms in total. The van der Waals surface area contributed by atoms with E-state index >= 15 is 0 Å². The molecule has 0 spiro atoms. The third-order valence-corrected chi connectivity index (χ3v) is 5.70. The molecule has 0 aliphatic carbocycles. The van der Waals surface area contributed by atoms with Crippen molar-refractivity contribution in [2.45, 2.75) is 11.8 Å². The Hall–Kier alpha value is -1.05. The first-order valence-electron chi connectivity index (χ1n) is 5.96. The van der Waals surface area contributed by atoms with Gasteiger partial charge in [0.25, 0.3) is 10.0 Å². The zero-order valence-corrected chi connectivity index (χ0v) is 15.3. The Bertz CT molecular complexity index is 776. The van der Waals surface area contributed by atoms with Crippen LogP contribution in [0, 0.1) is 6.92 Å². The molecule has 0 aliphatic rings. The SMILES string of the molecule is COc1ccc(NS(=O)(=O)c2cc(Br)ccc2Br)cc1C. The molecule has 2 aromatic rings. The number of ether oxygens (including phenoxy) is 1. The lowest BCUT2D eigenvalue weighted by molar-refractivity contribution is 0.412. The fourth-order valence-electron chi connectivity index (χ4n) is 1.84. The summed E-state index contributed by atoms with van der Waals surface area (Å²) in [5.41, 5.74) is 1.34. The molecule has 0 atom stereocenters. The van der Waals surface area contributed by atoms with Gasteiger partial charge in [0.05, 0.1) is 7.11 Å². The van der Waals surface area contributed by atoms with Gasteiger partial charge in [0.15, 0.2) is 0 Å². The maximum atomic E-state index is 12.4. The van der Waals surface area contributed by atoms with Gasteiger partial charge in [-0.25, -0.2) is 8.42 Å². The molecule has 0 saturated heterocycles. The van der Waals surface area contributed by atoms with Crippen LogP contribution < -0.4 is 9.46 Å². The molecule has 0 fully saturated rings. The van der Waals surface area contributed by atoms with Crippen molar-refractivity contribution >= 4 is 47.6 Å². The number of hydrogen-bond donors (Lipinski definition) is 1. The lowest BCUT2D eigenvalue weighted by Crippen LogP contribution is -2.13. The molecule has 21 heavy (non-hydrogen) atoms. The largest absolute Gasteiger partial charge is 0.496 e. The molecule has 2 aromatic carbocycles. The number of anilines is 1. The highest BCUT2D eigenvalue weighted by Crippen LogP contribution is 2.28. The molecule has 0 radical (unpaired) electrons. The fraction of sp³-hybridized carbons (Fsp3) is 0.143. The Balaban J connectivity index is 2.37. The van der Waals surface area contributed by atoms with Crippen molar-refractivity contribution in [3.05, 3.63) is 50.9 Å². The summed E-state index contributed by atoms with van der Waals surface area (Å²) in [5.74, 6) is 0.710. The molecule has 0 aliphatic heterocycles. The van der Waals surface area contributed by atoms with E-state index in [2.05, 4.69) is 36.6 Å². The van der Waals surface area contributed by atoms with Gasteiger partial charge in [0, 0.05) is 14.6 Å². The van der Waals surface area contributed by atoms with Crippen LogP contribution in [0.1, 0.15) is 5.56 Å². The predicted molar refractivity (Wildman–Crippen MR) is 90.4 cm³/mol. The van der Waals surface area contributed by atoms with Gasteiger partial charge in [-0.15, -0.1) is 0 Å². The summed E-state index contributed by atoms with van der Waals surface area (Å²) in [6, 6.07) is 10.1. The van der Waals surface area contributed by atoms with E-state index in [1.54, 1.807) is 43.5 Å². The van der Waals surface area contributed by atoms with Crippen LogP contribution in [0.25, 0.3) is 0 Å². The predicted octanol–water partition coefficient (Wildman–Crippen LogP) is 4.33. The monoisotopic (exact) mass is 433 g/mol. The molecular weight excluding hydrogens is 422 g/mol. The van der Waals surface area contributed by atoms with Crippen molar-refractivity contribution in [3.63, 3.8) is 0 Å². The lowest BCUT2D eigenvalue weighted by atomic mass is 10.2. The van der Waals surface area contributed by atoms with E-state index in [-0.39, 0.29) is 4.90 Å². The maximum absolute atomic E-state index is 12.4.